The molecular formula is C17H30O2P+. The quantitative estimate of drug-likeness (QED) is 0.309. The van der Waals surface area contributed by atoms with Crippen molar-refractivity contribution in [3.63, 3.8) is 0 Å². The fourth-order valence-electron chi connectivity index (χ4n) is 1.91. The SMILES string of the molecule is CC(C)=CCCC(C)=CCCC(C)=CCCC[P+](=O)O. The van der Waals surface area contributed by atoms with Gasteiger partial charge in [0.25, 0.3) is 0 Å². The first kappa shape index (κ1) is 19.3. The van der Waals surface area contributed by atoms with Crippen molar-refractivity contribution in [2.45, 2.75) is 66.2 Å². The monoisotopic (exact) mass is 297 g/mol. The Balaban J connectivity index is 3.82. The van der Waals surface area contributed by atoms with E-state index < -0.39 is 8.03 Å². The lowest BCUT2D eigenvalue weighted by molar-refractivity contribution is 0.501. The fourth-order valence-corrected chi connectivity index (χ4v) is 2.37. The van der Waals surface area contributed by atoms with Gasteiger partial charge < -0.3 is 0 Å². The van der Waals surface area contributed by atoms with Crippen molar-refractivity contribution in [2.24, 2.45) is 0 Å². The summed E-state index contributed by atoms with van der Waals surface area (Å²) in [6.45, 7) is 8.63. The van der Waals surface area contributed by atoms with Crippen LogP contribution in [0.15, 0.2) is 34.9 Å². The van der Waals surface area contributed by atoms with Crippen molar-refractivity contribution in [2.75, 3.05) is 6.16 Å². The number of unbranched alkanes of at least 4 members (excludes halogenated alkanes) is 1. The molecule has 0 radical (unpaired) electrons. The van der Waals surface area contributed by atoms with E-state index in [1.807, 2.05) is 0 Å². The maximum Gasteiger partial charge on any atom is 0.505 e. The molecule has 0 fully saturated rings. The smallest absolute Gasteiger partial charge is 0.161 e. The van der Waals surface area contributed by atoms with Crippen LogP contribution in [0.1, 0.15) is 66.2 Å². The van der Waals surface area contributed by atoms with E-state index in [1.165, 1.54) is 16.7 Å². The van der Waals surface area contributed by atoms with Gasteiger partial charge in [0, 0.05) is 0 Å². The first-order chi connectivity index (χ1) is 9.41. The Morgan fingerprint density at radius 1 is 0.900 bits per heavy atom. The second kappa shape index (κ2) is 12.1. The molecule has 0 heterocycles. The average molecular weight is 297 g/mol. The molecule has 0 spiro atoms. The van der Waals surface area contributed by atoms with Crippen LogP contribution < -0.4 is 0 Å². The normalized spacial score (nSPS) is 13.3. The van der Waals surface area contributed by atoms with Crippen LogP contribution >= 0.6 is 8.03 Å². The Morgan fingerprint density at radius 2 is 1.40 bits per heavy atom. The second-order valence-corrected chi connectivity index (χ2v) is 6.83. The molecule has 0 aliphatic rings. The Bertz CT molecular complexity index is 374. The van der Waals surface area contributed by atoms with Gasteiger partial charge in [0.2, 0.25) is 0 Å². The highest BCUT2D eigenvalue weighted by Crippen LogP contribution is 2.16. The third-order valence-electron chi connectivity index (χ3n) is 3.17. The molecule has 0 aromatic carbocycles. The molecule has 2 nitrogen and oxygen atoms in total. The van der Waals surface area contributed by atoms with Crippen LogP contribution in [-0.4, -0.2) is 11.1 Å². The molecule has 0 saturated heterocycles. The maximum atomic E-state index is 10.5. The van der Waals surface area contributed by atoms with E-state index in [1.54, 1.807) is 0 Å². The molecule has 0 bridgehead atoms. The molecule has 1 N–H and O–H groups in total. The van der Waals surface area contributed by atoms with Crippen LogP contribution in [0.4, 0.5) is 0 Å². The molecule has 114 valence electrons. The summed E-state index contributed by atoms with van der Waals surface area (Å²) in [5.41, 5.74) is 4.24. The zero-order valence-electron chi connectivity index (χ0n) is 13.5. The van der Waals surface area contributed by atoms with Crippen molar-refractivity contribution in [1.82, 2.24) is 0 Å². The van der Waals surface area contributed by atoms with Gasteiger partial charge in [-0.3, -0.25) is 0 Å². The van der Waals surface area contributed by atoms with E-state index in [2.05, 4.69) is 45.9 Å². The summed E-state index contributed by atoms with van der Waals surface area (Å²) in [4.78, 5) is 8.70. The first-order valence-corrected chi connectivity index (χ1v) is 8.89. The second-order valence-electron chi connectivity index (χ2n) is 5.68. The van der Waals surface area contributed by atoms with Crippen LogP contribution in [-0.2, 0) is 4.57 Å². The van der Waals surface area contributed by atoms with E-state index in [0.717, 1.165) is 38.5 Å². The van der Waals surface area contributed by atoms with Crippen LogP contribution in [0.5, 0.6) is 0 Å². The van der Waals surface area contributed by atoms with E-state index >= 15 is 0 Å². The van der Waals surface area contributed by atoms with Gasteiger partial charge in [0.1, 0.15) is 0 Å². The number of hydrogen-bond acceptors (Lipinski definition) is 1. The van der Waals surface area contributed by atoms with Gasteiger partial charge >= 0.3 is 8.03 Å². The van der Waals surface area contributed by atoms with E-state index in [9.17, 15) is 4.57 Å². The third-order valence-corrected chi connectivity index (χ3v) is 3.87. The molecule has 0 aliphatic carbocycles. The predicted molar refractivity (Wildman–Crippen MR) is 89.3 cm³/mol. The van der Waals surface area contributed by atoms with E-state index in [4.69, 9.17) is 4.89 Å². The lowest BCUT2D eigenvalue weighted by atomic mass is 10.1. The number of hydrogen-bond donors (Lipinski definition) is 1. The third kappa shape index (κ3) is 13.7. The zero-order chi connectivity index (χ0) is 15.4. The molecule has 0 amide bonds. The lowest BCUT2D eigenvalue weighted by Gasteiger charge is -2.01. The molecule has 0 rings (SSSR count). The summed E-state index contributed by atoms with van der Waals surface area (Å²) in [7, 11) is -1.96. The van der Waals surface area contributed by atoms with Crippen molar-refractivity contribution >= 4 is 8.03 Å². The summed E-state index contributed by atoms with van der Waals surface area (Å²) in [5.74, 6) is 0. The highest BCUT2D eigenvalue weighted by atomic mass is 31.1. The van der Waals surface area contributed by atoms with Crippen LogP contribution in [0.2, 0.25) is 0 Å². The maximum absolute atomic E-state index is 10.5. The fraction of sp³-hybridized carbons (Fsp3) is 0.647. The summed E-state index contributed by atoms with van der Waals surface area (Å²) in [6, 6.07) is 0. The summed E-state index contributed by atoms with van der Waals surface area (Å²) in [5, 5.41) is 0. The van der Waals surface area contributed by atoms with Gasteiger partial charge in [0.05, 0.1) is 0 Å². The first-order valence-electron chi connectivity index (χ1n) is 7.50. The molecule has 1 atom stereocenters. The van der Waals surface area contributed by atoms with Gasteiger partial charge in [-0.15, -0.1) is 0 Å². The average Bonchev–Trinajstić information content (AvgIpc) is 2.34. The molecule has 3 heteroatoms. The minimum Gasteiger partial charge on any atom is -0.161 e. The summed E-state index contributed by atoms with van der Waals surface area (Å²) >= 11 is 0. The van der Waals surface area contributed by atoms with E-state index in [-0.39, 0.29) is 0 Å². The summed E-state index contributed by atoms with van der Waals surface area (Å²) in [6.07, 6.45) is 13.4. The lowest BCUT2D eigenvalue weighted by Crippen LogP contribution is -1.82. The minimum absolute atomic E-state index is 0.419. The van der Waals surface area contributed by atoms with Crippen molar-refractivity contribution in [3.05, 3.63) is 34.9 Å². The van der Waals surface area contributed by atoms with Crippen LogP contribution in [0.25, 0.3) is 0 Å². The van der Waals surface area contributed by atoms with Crippen molar-refractivity contribution in [1.29, 1.82) is 0 Å². The largest absolute Gasteiger partial charge is 0.505 e. The predicted octanol–water partition coefficient (Wildman–Crippen LogP) is 5.92. The topological polar surface area (TPSA) is 37.3 Å². The van der Waals surface area contributed by atoms with Crippen molar-refractivity contribution < 1.29 is 9.46 Å². The van der Waals surface area contributed by atoms with Crippen LogP contribution in [0.3, 0.4) is 0 Å². The Kier molecular flexibility index (Phi) is 11.6. The molecule has 1 unspecified atom stereocenters. The van der Waals surface area contributed by atoms with E-state index in [0.29, 0.717) is 6.16 Å². The molecule has 0 aliphatic heterocycles. The van der Waals surface area contributed by atoms with Gasteiger partial charge in [-0.25, -0.2) is 0 Å². The Hall–Kier alpha value is -0.720. The zero-order valence-corrected chi connectivity index (χ0v) is 14.4. The standard InChI is InChI=1S/C17H29O2P/c1-15(2)9-7-11-17(4)13-8-12-16(3)10-5-6-14-20(18)19/h9-10,13H,5-8,11-12,14H2,1-4H3/p+1. The number of rotatable bonds is 10. The van der Waals surface area contributed by atoms with Gasteiger partial charge in [0.15, 0.2) is 6.16 Å². The Morgan fingerprint density at radius 3 is 1.90 bits per heavy atom. The van der Waals surface area contributed by atoms with Gasteiger partial charge in [-0.1, -0.05) is 34.9 Å². The number of allylic oxidation sites excluding steroid dienone is 6. The van der Waals surface area contributed by atoms with Crippen LogP contribution in [0, 0.1) is 0 Å². The molecule has 0 aromatic rings. The van der Waals surface area contributed by atoms with Gasteiger partial charge in [-0.05, 0) is 70.8 Å². The molecular weight excluding hydrogens is 267 g/mol. The highest BCUT2D eigenvalue weighted by molar-refractivity contribution is 7.37. The Labute approximate surface area is 125 Å². The molecule has 20 heavy (non-hydrogen) atoms. The molecule has 0 saturated carbocycles. The summed E-state index contributed by atoms with van der Waals surface area (Å²) < 4.78 is 10.5. The van der Waals surface area contributed by atoms with Gasteiger partial charge in [-0.2, -0.15) is 4.89 Å². The highest BCUT2D eigenvalue weighted by Gasteiger charge is 2.06. The van der Waals surface area contributed by atoms with Crippen molar-refractivity contribution in [3.8, 4) is 0 Å². The molecule has 0 aromatic heterocycles. The minimum atomic E-state index is -1.96.